The van der Waals surface area contributed by atoms with Crippen LogP contribution in [0.4, 0.5) is 0 Å². The van der Waals surface area contributed by atoms with Gasteiger partial charge < -0.3 is 16.0 Å². The van der Waals surface area contributed by atoms with E-state index in [9.17, 15) is 9.59 Å². The lowest BCUT2D eigenvalue weighted by atomic mass is 10.1. The van der Waals surface area contributed by atoms with Gasteiger partial charge in [-0.1, -0.05) is 13.8 Å². The molecule has 0 fully saturated rings. The van der Waals surface area contributed by atoms with E-state index in [2.05, 4.69) is 10.3 Å². The molecule has 5 nitrogen and oxygen atoms in total. The third-order valence-corrected chi connectivity index (χ3v) is 2.42. The Morgan fingerprint density at radius 3 is 2.81 bits per heavy atom. The topological polar surface area (TPSA) is 88.0 Å². The van der Waals surface area contributed by atoms with Gasteiger partial charge in [0.15, 0.2) is 5.43 Å². The highest BCUT2D eigenvalue weighted by atomic mass is 16.2. The first-order chi connectivity index (χ1) is 7.52. The third kappa shape index (κ3) is 3.20. The molecule has 1 unspecified atom stereocenters. The summed E-state index contributed by atoms with van der Waals surface area (Å²) in [5.74, 6) is -0.104. The molecule has 0 aromatic carbocycles. The van der Waals surface area contributed by atoms with E-state index >= 15 is 0 Å². The number of rotatable bonds is 4. The molecule has 1 amide bonds. The molecule has 0 aliphatic carbocycles. The van der Waals surface area contributed by atoms with Gasteiger partial charge in [-0.05, 0) is 5.92 Å². The predicted molar refractivity (Wildman–Crippen MR) is 62.2 cm³/mol. The van der Waals surface area contributed by atoms with E-state index in [1.54, 1.807) is 0 Å². The minimum absolute atomic E-state index is 0.105. The maximum absolute atomic E-state index is 11.6. The van der Waals surface area contributed by atoms with Crippen molar-refractivity contribution in [3.05, 3.63) is 34.2 Å². The maximum Gasteiger partial charge on any atom is 0.256 e. The Hall–Kier alpha value is -1.62. The average Bonchev–Trinajstić information content (AvgIpc) is 2.25. The Balaban J connectivity index is 2.61. The number of aromatic amines is 1. The summed E-state index contributed by atoms with van der Waals surface area (Å²) in [5.41, 5.74) is 5.59. The van der Waals surface area contributed by atoms with Crippen LogP contribution in [0.25, 0.3) is 0 Å². The van der Waals surface area contributed by atoms with Gasteiger partial charge in [-0.3, -0.25) is 9.59 Å². The predicted octanol–water partition coefficient (Wildman–Crippen LogP) is 0.0880. The standard InChI is InChI=1S/C11H17N3O2/c1-7(2)9(12)6-14-11(16)8-5-13-4-3-10(8)15/h3-5,7,9H,6,12H2,1-2H3,(H,13,15)(H,14,16). The number of H-pyrrole nitrogens is 1. The van der Waals surface area contributed by atoms with E-state index in [0.29, 0.717) is 6.54 Å². The van der Waals surface area contributed by atoms with Crippen molar-refractivity contribution < 1.29 is 4.79 Å². The Kier molecular flexibility index (Phi) is 4.25. The van der Waals surface area contributed by atoms with Crippen LogP contribution in [0.5, 0.6) is 0 Å². The largest absolute Gasteiger partial charge is 0.367 e. The van der Waals surface area contributed by atoms with Gasteiger partial charge in [-0.2, -0.15) is 0 Å². The van der Waals surface area contributed by atoms with Crippen molar-refractivity contribution in [1.29, 1.82) is 0 Å². The van der Waals surface area contributed by atoms with Crippen molar-refractivity contribution in [3.8, 4) is 0 Å². The zero-order valence-electron chi connectivity index (χ0n) is 9.49. The second-order valence-electron chi connectivity index (χ2n) is 4.04. The minimum Gasteiger partial charge on any atom is -0.367 e. The van der Waals surface area contributed by atoms with Crippen molar-refractivity contribution in [2.45, 2.75) is 19.9 Å². The molecule has 1 atom stereocenters. The number of nitrogens with two attached hydrogens (primary N) is 1. The number of nitrogens with one attached hydrogen (secondary N) is 2. The summed E-state index contributed by atoms with van der Waals surface area (Å²) in [5, 5.41) is 2.64. The van der Waals surface area contributed by atoms with Crippen LogP contribution in [0.3, 0.4) is 0 Å². The molecule has 0 spiro atoms. The quantitative estimate of drug-likeness (QED) is 0.676. The minimum atomic E-state index is -0.391. The second kappa shape index (κ2) is 5.46. The fourth-order valence-corrected chi connectivity index (χ4v) is 1.14. The van der Waals surface area contributed by atoms with Gasteiger partial charge in [-0.25, -0.2) is 0 Å². The molecule has 1 rings (SSSR count). The van der Waals surface area contributed by atoms with Crippen LogP contribution >= 0.6 is 0 Å². The van der Waals surface area contributed by atoms with Crippen molar-refractivity contribution in [2.24, 2.45) is 11.7 Å². The Bertz CT molecular complexity index is 412. The first kappa shape index (κ1) is 12.4. The highest BCUT2D eigenvalue weighted by Crippen LogP contribution is 1.96. The third-order valence-electron chi connectivity index (χ3n) is 2.42. The van der Waals surface area contributed by atoms with Gasteiger partial charge in [0.05, 0.1) is 0 Å². The number of hydrogen-bond donors (Lipinski definition) is 3. The SMILES string of the molecule is CC(C)C(N)CNC(=O)c1c[nH]ccc1=O. The second-order valence-corrected chi connectivity index (χ2v) is 4.04. The first-order valence-electron chi connectivity index (χ1n) is 5.23. The molecule has 1 heterocycles. The number of amides is 1. The molecule has 0 saturated carbocycles. The number of aromatic nitrogens is 1. The summed E-state index contributed by atoms with van der Waals surface area (Å²) < 4.78 is 0. The van der Waals surface area contributed by atoms with Gasteiger partial charge in [0.25, 0.3) is 5.91 Å². The molecular weight excluding hydrogens is 206 g/mol. The Morgan fingerprint density at radius 2 is 2.25 bits per heavy atom. The molecular formula is C11H17N3O2. The van der Waals surface area contributed by atoms with Crippen LogP contribution < -0.4 is 16.5 Å². The van der Waals surface area contributed by atoms with Gasteiger partial charge in [0.2, 0.25) is 0 Å². The molecule has 0 saturated heterocycles. The van der Waals surface area contributed by atoms with Gasteiger partial charge in [0.1, 0.15) is 5.56 Å². The number of carbonyl (C=O) groups excluding carboxylic acids is 1. The molecule has 1 aromatic rings. The fourth-order valence-electron chi connectivity index (χ4n) is 1.14. The summed E-state index contributed by atoms with van der Waals surface area (Å²) in [4.78, 5) is 25.6. The molecule has 16 heavy (non-hydrogen) atoms. The normalized spacial score (nSPS) is 12.5. The molecule has 0 aliphatic rings. The van der Waals surface area contributed by atoms with E-state index in [1.807, 2.05) is 13.8 Å². The summed E-state index contributed by atoms with van der Waals surface area (Å²) >= 11 is 0. The van der Waals surface area contributed by atoms with Crippen molar-refractivity contribution in [3.63, 3.8) is 0 Å². The molecule has 88 valence electrons. The van der Waals surface area contributed by atoms with Gasteiger partial charge in [-0.15, -0.1) is 0 Å². The van der Waals surface area contributed by atoms with Crippen molar-refractivity contribution in [1.82, 2.24) is 10.3 Å². The number of pyridine rings is 1. The molecule has 0 bridgehead atoms. The lowest BCUT2D eigenvalue weighted by molar-refractivity contribution is 0.0948. The average molecular weight is 223 g/mol. The van der Waals surface area contributed by atoms with Crippen LogP contribution in [0.2, 0.25) is 0 Å². The molecule has 0 aliphatic heterocycles. The van der Waals surface area contributed by atoms with Crippen LogP contribution in [-0.2, 0) is 0 Å². The van der Waals surface area contributed by atoms with Crippen LogP contribution in [0, 0.1) is 5.92 Å². The lowest BCUT2D eigenvalue weighted by Crippen LogP contribution is -2.41. The lowest BCUT2D eigenvalue weighted by Gasteiger charge is -2.15. The highest BCUT2D eigenvalue weighted by molar-refractivity contribution is 5.93. The summed E-state index contributed by atoms with van der Waals surface area (Å²) in [6.07, 6.45) is 2.87. The van der Waals surface area contributed by atoms with E-state index < -0.39 is 5.91 Å². The number of hydrogen-bond acceptors (Lipinski definition) is 3. The fraction of sp³-hybridized carbons (Fsp3) is 0.455. The summed E-state index contributed by atoms with van der Waals surface area (Å²) in [6.45, 7) is 4.32. The Labute approximate surface area is 94.1 Å². The molecule has 1 aromatic heterocycles. The van der Waals surface area contributed by atoms with E-state index in [-0.39, 0.29) is 23.0 Å². The first-order valence-corrected chi connectivity index (χ1v) is 5.23. The number of carbonyl (C=O) groups is 1. The highest BCUT2D eigenvalue weighted by Gasteiger charge is 2.12. The van der Waals surface area contributed by atoms with E-state index in [0.717, 1.165) is 0 Å². The zero-order valence-corrected chi connectivity index (χ0v) is 9.49. The van der Waals surface area contributed by atoms with Gasteiger partial charge in [0, 0.05) is 31.0 Å². The maximum atomic E-state index is 11.6. The van der Waals surface area contributed by atoms with E-state index in [4.69, 9.17) is 5.73 Å². The summed E-state index contributed by atoms with van der Waals surface area (Å²) in [7, 11) is 0. The smallest absolute Gasteiger partial charge is 0.256 e. The Morgan fingerprint density at radius 1 is 1.56 bits per heavy atom. The van der Waals surface area contributed by atoms with Crippen molar-refractivity contribution >= 4 is 5.91 Å². The monoisotopic (exact) mass is 223 g/mol. The molecule has 4 N–H and O–H groups in total. The van der Waals surface area contributed by atoms with Crippen LogP contribution in [-0.4, -0.2) is 23.5 Å². The molecule has 0 radical (unpaired) electrons. The van der Waals surface area contributed by atoms with Crippen LogP contribution in [0.1, 0.15) is 24.2 Å². The van der Waals surface area contributed by atoms with E-state index in [1.165, 1.54) is 18.5 Å². The van der Waals surface area contributed by atoms with Gasteiger partial charge >= 0.3 is 0 Å². The summed E-state index contributed by atoms with van der Waals surface area (Å²) in [6, 6.07) is 1.21. The zero-order chi connectivity index (χ0) is 12.1. The van der Waals surface area contributed by atoms with Crippen molar-refractivity contribution in [2.75, 3.05) is 6.54 Å². The molecule has 5 heteroatoms. The van der Waals surface area contributed by atoms with Crippen LogP contribution in [0.15, 0.2) is 23.3 Å².